The van der Waals surface area contributed by atoms with Crippen LogP contribution in [0, 0.1) is 0 Å². The fourth-order valence-electron chi connectivity index (χ4n) is 1.47. The van der Waals surface area contributed by atoms with E-state index in [1.807, 2.05) is 13.8 Å². The highest BCUT2D eigenvalue weighted by molar-refractivity contribution is 7.89. The molecule has 5 nitrogen and oxygen atoms in total. The first kappa shape index (κ1) is 17.8. The summed E-state index contributed by atoms with van der Waals surface area (Å²) in [6, 6.07) is 0.451. The first-order valence-electron chi connectivity index (χ1n) is 6.69. The second-order valence-corrected chi connectivity index (χ2v) is 6.68. The molecule has 0 aromatic rings. The zero-order valence-corrected chi connectivity index (χ0v) is 12.8. The van der Waals surface area contributed by atoms with Crippen LogP contribution in [0.3, 0.4) is 0 Å². The first-order valence-corrected chi connectivity index (χ1v) is 8.35. The van der Waals surface area contributed by atoms with Gasteiger partial charge in [0.25, 0.3) is 0 Å². The smallest absolute Gasteiger partial charge is 0.211 e. The van der Waals surface area contributed by atoms with Gasteiger partial charge in [-0.05, 0) is 33.2 Å². The van der Waals surface area contributed by atoms with E-state index >= 15 is 0 Å². The van der Waals surface area contributed by atoms with Gasteiger partial charge in [-0.25, -0.2) is 13.1 Å². The summed E-state index contributed by atoms with van der Waals surface area (Å²) in [6.45, 7) is 9.72. The van der Waals surface area contributed by atoms with Crippen molar-refractivity contribution in [3.05, 3.63) is 0 Å². The Balaban J connectivity index is 3.67. The van der Waals surface area contributed by atoms with Crippen LogP contribution in [0.2, 0.25) is 0 Å². The topological polar surface area (TPSA) is 67.4 Å². The zero-order valence-electron chi connectivity index (χ0n) is 12.0. The van der Waals surface area contributed by atoms with Gasteiger partial charge in [0, 0.05) is 19.2 Å². The average molecular weight is 280 g/mol. The molecule has 0 aliphatic rings. The molecule has 1 unspecified atom stereocenters. The molecule has 0 heterocycles. The summed E-state index contributed by atoms with van der Waals surface area (Å²) < 4.78 is 31.1. The van der Waals surface area contributed by atoms with Gasteiger partial charge >= 0.3 is 0 Å². The highest BCUT2D eigenvalue weighted by atomic mass is 32.2. The Morgan fingerprint density at radius 1 is 1.17 bits per heavy atom. The molecule has 0 aliphatic heterocycles. The molecule has 0 aromatic carbocycles. The molecule has 0 aromatic heterocycles. The summed E-state index contributed by atoms with van der Waals surface area (Å²) in [7, 11) is -3.15. The van der Waals surface area contributed by atoms with Gasteiger partial charge in [-0.1, -0.05) is 13.8 Å². The maximum Gasteiger partial charge on any atom is 0.211 e. The standard InChI is InChI=1S/C12H28N2O3S/c1-5-17-12(4)10-14-18(15,16)9-7-6-8-13-11(2)3/h11-14H,5-10H2,1-4H3. The Morgan fingerprint density at radius 3 is 2.39 bits per heavy atom. The second kappa shape index (κ2) is 9.72. The third-order valence-corrected chi connectivity index (χ3v) is 3.87. The van der Waals surface area contributed by atoms with Gasteiger partial charge in [-0.3, -0.25) is 0 Å². The molecule has 1 atom stereocenters. The van der Waals surface area contributed by atoms with Crippen LogP contribution in [0.25, 0.3) is 0 Å². The lowest BCUT2D eigenvalue weighted by Crippen LogP contribution is -2.34. The summed E-state index contributed by atoms with van der Waals surface area (Å²) in [5.74, 6) is 0.186. The van der Waals surface area contributed by atoms with Crippen LogP contribution in [0.1, 0.15) is 40.5 Å². The maximum absolute atomic E-state index is 11.6. The van der Waals surface area contributed by atoms with Crippen LogP contribution in [0.4, 0.5) is 0 Å². The van der Waals surface area contributed by atoms with E-state index < -0.39 is 10.0 Å². The number of nitrogens with one attached hydrogen (secondary N) is 2. The van der Waals surface area contributed by atoms with Gasteiger partial charge in [-0.2, -0.15) is 0 Å². The molecular formula is C12H28N2O3S. The largest absolute Gasteiger partial charge is 0.377 e. The highest BCUT2D eigenvalue weighted by Gasteiger charge is 2.11. The summed E-state index contributed by atoms with van der Waals surface area (Å²) in [5.41, 5.74) is 0. The van der Waals surface area contributed by atoms with Crippen molar-refractivity contribution in [2.24, 2.45) is 0 Å². The molecule has 6 heteroatoms. The number of hydrogen-bond acceptors (Lipinski definition) is 4. The van der Waals surface area contributed by atoms with E-state index in [1.54, 1.807) is 0 Å². The van der Waals surface area contributed by atoms with Crippen molar-refractivity contribution >= 4 is 10.0 Å². The molecule has 18 heavy (non-hydrogen) atoms. The van der Waals surface area contributed by atoms with E-state index in [1.165, 1.54) is 0 Å². The van der Waals surface area contributed by atoms with Crippen LogP contribution < -0.4 is 10.0 Å². The second-order valence-electron chi connectivity index (χ2n) is 4.75. The van der Waals surface area contributed by atoms with E-state index in [0.717, 1.165) is 13.0 Å². The normalized spacial score (nSPS) is 14.1. The van der Waals surface area contributed by atoms with Crippen LogP contribution in [-0.2, 0) is 14.8 Å². The molecule has 0 amide bonds. The van der Waals surface area contributed by atoms with Crippen molar-refractivity contribution in [1.82, 2.24) is 10.0 Å². The number of sulfonamides is 1. The molecule has 0 aliphatic carbocycles. The van der Waals surface area contributed by atoms with Crippen LogP contribution >= 0.6 is 0 Å². The van der Waals surface area contributed by atoms with Gasteiger partial charge in [0.2, 0.25) is 10.0 Å². The summed E-state index contributed by atoms with van der Waals surface area (Å²) in [6.07, 6.45) is 1.48. The van der Waals surface area contributed by atoms with Crippen molar-refractivity contribution in [1.29, 1.82) is 0 Å². The molecule has 110 valence electrons. The zero-order chi connectivity index (χ0) is 14.0. The van der Waals surface area contributed by atoms with Gasteiger partial charge in [0.05, 0.1) is 11.9 Å². The van der Waals surface area contributed by atoms with Crippen molar-refractivity contribution in [3.8, 4) is 0 Å². The van der Waals surface area contributed by atoms with Crippen molar-refractivity contribution < 1.29 is 13.2 Å². The Morgan fingerprint density at radius 2 is 1.83 bits per heavy atom. The lowest BCUT2D eigenvalue weighted by molar-refractivity contribution is 0.0799. The maximum atomic E-state index is 11.6. The van der Waals surface area contributed by atoms with E-state index in [2.05, 4.69) is 23.9 Å². The number of rotatable bonds is 11. The van der Waals surface area contributed by atoms with Crippen LogP contribution in [-0.4, -0.2) is 46.0 Å². The molecule has 2 N–H and O–H groups in total. The monoisotopic (exact) mass is 280 g/mol. The molecular weight excluding hydrogens is 252 g/mol. The fourth-order valence-corrected chi connectivity index (χ4v) is 2.68. The molecule has 0 rings (SSSR count). The number of unbranched alkanes of at least 4 members (excludes halogenated alkanes) is 1. The highest BCUT2D eigenvalue weighted by Crippen LogP contribution is 1.96. The summed E-state index contributed by atoms with van der Waals surface area (Å²) >= 11 is 0. The first-order chi connectivity index (χ1) is 8.37. The molecule has 0 fully saturated rings. The molecule has 0 spiro atoms. The van der Waals surface area contributed by atoms with Crippen molar-refractivity contribution in [3.63, 3.8) is 0 Å². The van der Waals surface area contributed by atoms with E-state index in [9.17, 15) is 8.42 Å². The predicted octanol–water partition coefficient (Wildman–Crippen LogP) is 1.11. The molecule has 0 radical (unpaired) electrons. The fraction of sp³-hybridized carbons (Fsp3) is 1.00. The minimum absolute atomic E-state index is 0.0765. The Labute approximate surface area is 112 Å². The van der Waals surface area contributed by atoms with E-state index in [4.69, 9.17) is 4.74 Å². The predicted molar refractivity (Wildman–Crippen MR) is 75.3 cm³/mol. The Kier molecular flexibility index (Phi) is 9.63. The number of hydrogen-bond donors (Lipinski definition) is 2. The number of ether oxygens (including phenoxy) is 1. The molecule has 0 bridgehead atoms. The summed E-state index contributed by atoms with van der Waals surface area (Å²) in [4.78, 5) is 0. The SMILES string of the molecule is CCOC(C)CNS(=O)(=O)CCCCNC(C)C. The van der Waals surface area contributed by atoms with Gasteiger partial charge in [0.1, 0.15) is 0 Å². The average Bonchev–Trinajstić information content (AvgIpc) is 2.26. The van der Waals surface area contributed by atoms with Crippen LogP contribution in [0.5, 0.6) is 0 Å². The Hall–Kier alpha value is -0.170. The van der Waals surface area contributed by atoms with E-state index in [-0.39, 0.29) is 11.9 Å². The van der Waals surface area contributed by atoms with E-state index in [0.29, 0.717) is 25.6 Å². The van der Waals surface area contributed by atoms with Crippen molar-refractivity contribution in [2.75, 3.05) is 25.4 Å². The minimum atomic E-state index is -3.15. The molecule has 0 saturated carbocycles. The van der Waals surface area contributed by atoms with Crippen LogP contribution in [0.15, 0.2) is 0 Å². The summed E-state index contributed by atoms with van der Waals surface area (Å²) in [5, 5.41) is 3.26. The lowest BCUT2D eigenvalue weighted by Gasteiger charge is -2.13. The third-order valence-electron chi connectivity index (χ3n) is 2.43. The van der Waals surface area contributed by atoms with Gasteiger partial charge < -0.3 is 10.1 Å². The molecule has 0 saturated heterocycles. The van der Waals surface area contributed by atoms with Crippen molar-refractivity contribution in [2.45, 2.75) is 52.7 Å². The van der Waals surface area contributed by atoms with Gasteiger partial charge in [-0.15, -0.1) is 0 Å². The quantitative estimate of drug-likeness (QED) is 0.556. The van der Waals surface area contributed by atoms with Gasteiger partial charge in [0.15, 0.2) is 0 Å². The Bertz CT molecular complexity index is 292. The third kappa shape index (κ3) is 11.0. The lowest BCUT2D eigenvalue weighted by atomic mass is 10.3. The minimum Gasteiger partial charge on any atom is -0.377 e.